The fourth-order valence-electron chi connectivity index (χ4n) is 1.78. The highest BCUT2D eigenvalue weighted by atomic mass is 35.5. The Morgan fingerprint density at radius 3 is 2.44 bits per heavy atom. The summed E-state index contributed by atoms with van der Waals surface area (Å²) in [5.41, 5.74) is 1.14. The molecule has 0 atom stereocenters. The Morgan fingerprint density at radius 2 is 1.89 bits per heavy atom. The SMILES string of the molecule is COc1ccc(Cn2c(Cl)nnc2C(C)C)cc1. The van der Waals surface area contributed by atoms with E-state index in [0.717, 1.165) is 17.1 Å². The fourth-order valence-corrected chi connectivity index (χ4v) is 1.97. The lowest BCUT2D eigenvalue weighted by Gasteiger charge is -2.10. The zero-order chi connectivity index (χ0) is 13.1. The van der Waals surface area contributed by atoms with Crippen LogP contribution in [0.2, 0.25) is 5.28 Å². The van der Waals surface area contributed by atoms with Gasteiger partial charge in [-0.3, -0.25) is 4.57 Å². The minimum absolute atomic E-state index is 0.295. The summed E-state index contributed by atoms with van der Waals surface area (Å²) in [6.07, 6.45) is 0. The predicted octanol–water partition coefficient (Wildman–Crippen LogP) is 3.11. The van der Waals surface area contributed by atoms with E-state index in [4.69, 9.17) is 16.3 Å². The molecule has 1 aromatic carbocycles. The molecule has 0 N–H and O–H groups in total. The standard InChI is InChI=1S/C13H16ClN3O/c1-9(2)12-15-16-13(14)17(12)8-10-4-6-11(18-3)7-5-10/h4-7,9H,8H2,1-3H3. The van der Waals surface area contributed by atoms with E-state index in [0.29, 0.717) is 17.7 Å². The van der Waals surface area contributed by atoms with Crippen LogP contribution >= 0.6 is 11.6 Å². The zero-order valence-electron chi connectivity index (χ0n) is 10.7. The number of rotatable bonds is 4. The first-order valence-corrected chi connectivity index (χ1v) is 6.21. The summed E-state index contributed by atoms with van der Waals surface area (Å²) in [7, 11) is 1.66. The summed E-state index contributed by atoms with van der Waals surface area (Å²) in [4.78, 5) is 0. The molecule has 0 saturated heterocycles. The maximum absolute atomic E-state index is 6.06. The molecule has 2 rings (SSSR count). The van der Waals surface area contributed by atoms with Gasteiger partial charge in [-0.1, -0.05) is 26.0 Å². The maximum atomic E-state index is 6.06. The van der Waals surface area contributed by atoms with Crippen LogP contribution in [-0.4, -0.2) is 21.9 Å². The molecule has 0 unspecified atom stereocenters. The van der Waals surface area contributed by atoms with Crippen LogP contribution in [0.4, 0.5) is 0 Å². The van der Waals surface area contributed by atoms with E-state index >= 15 is 0 Å². The van der Waals surface area contributed by atoms with Crippen molar-refractivity contribution in [3.05, 3.63) is 40.9 Å². The quantitative estimate of drug-likeness (QED) is 0.853. The highest BCUT2D eigenvalue weighted by Crippen LogP contribution is 2.19. The van der Waals surface area contributed by atoms with Gasteiger partial charge in [0.15, 0.2) is 0 Å². The lowest BCUT2D eigenvalue weighted by atomic mass is 10.2. The number of halogens is 1. The molecule has 0 spiro atoms. The summed E-state index contributed by atoms with van der Waals surface area (Å²) >= 11 is 6.06. The van der Waals surface area contributed by atoms with Gasteiger partial charge in [0.05, 0.1) is 13.7 Å². The number of hydrogen-bond donors (Lipinski definition) is 0. The molecule has 0 amide bonds. The number of hydrogen-bond acceptors (Lipinski definition) is 3. The minimum Gasteiger partial charge on any atom is -0.497 e. The van der Waals surface area contributed by atoms with Gasteiger partial charge in [-0.25, -0.2) is 0 Å². The van der Waals surface area contributed by atoms with Gasteiger partial charge < -0.3 is 4.74 Å². The third kappa shape index (κ3) is 2.64. The average Bonchev–Trinajstić information content (AvgIpc) is 2.72. The molecule has 0 bridgehead atoms. The van der Waals surface area contributed by atoms with Crippen LogP contribution in [0.3, 0.4) is 0 Å². The highest BCUT2D eigenvalue weighted by Gasteiger charge is 2.13. The first-order chi connectivity index (χ1) is 8.61. The van der Waals surface area contributed by atoms with Gasteiger partial charge in [-0.2, -0.15) is 0 Å². The molecule has 1 aromatic heterocycles. The zero-order valence-corrected chi connectivity index (χ0v) is 11.5. The van der Waals surface area contributed by atoms with Gasteiger partial charge in [0.1, 0.15) is 11.6 Å². The van der Waals surface area contributed by atoms with Crippen molar-refractivity contribution in [1.82, 2.24) is 14.8 Å². The summed E-state index contributed by atoms with van der Waals surface area (Å²) in [6.45, 7) is 4.82. The van der Waals surface area contributed by atoms with E-state index in [9.17, 15) is 0 Å². The lowest BCUT2D eigenvalue weighted by Crippen LogP contribution is -2.06. The first-order valence-electron chi connectivity index (χ1n) is 5.83. The Morgan fingerprint density at radius 1 is 1.22 bits per heavy atom. The Balaban J connectivity index is 2.25. The smallest absolute Gasteiger partial charge is 0.225 e. The Kier molecular flexibility index (Phi) is 3.87. The van der Waals surface area contributed by atoms with Crippen molar-refractivity contribution < 1.29 is 4.74 Å². The first kappa shape index (κ1) is 12.9. The molecule has 18 heavy (non-hydrogen) atoms. The van der Waals surface area contributed by atoms with Gasteiger partial charge in [-0.15, -0.1) is 10.2 Å². The molecule has 5 heteroatoms. The van der Waals surface area contributed by atoms with Gasteiger partial charge in [0.2, 0.25) is 5.28 Å². The van der Waals surface area contributed by atoms with E-state index in [1.807, 2.05) is 28.8 Å². The minimum atomic E-state index is 0.295. The fraction of sp³-hybridized carbons (Fsp3) is 0.385. The van der Waals surface area contributed by atoms with E-state index in [-0.39, 0.29) is 0 Å². The Hall–Kier alpha value is -1.55. The van der Waals surface area contributed by atoms with Crippen molar-refractivity contribution in [2.24, 2.45) is 0 Å². The van der Waals surface area contributed by atoms with Gasteiger partial charge >= 0.3 is 0 Å². The Labute approximate surface area is 112 Å². The summed E-state index contributed by atoms with van der Waals surface area (Å²) < 4.78 is 7.06. The lowest BCUT2D eigenvalue weighted by molar-refractivity contribution is 0.414. The van der Waals surface area contributed by atoms with Crippen molar-refractivity contribution in [1.29, 1.82) is 0 Å². The molecule has 0 fully saturated rings. The van der Waals surface area contributed by atoms with Crippen LogP contribution in [-0.2, 0) is 6.54 Å². The molecular weight excluding hydrogens is 250 g/mol. The van der Waals surface area contributed by atoms with Crippen LogP contribution in [0.1, 0.15) is 31.2 Å². The molecule has 4 nitrogen and oxygen atoms in total. The van der Waals surface area contributed by atoms with E-state index < -0.39 is 0 Å². The maximum Gasteiger partial charge on any atom is 0.225 e. The van der Waals surface area contributed by atoms with Crippen molar-refractivity contribution in [3.63, 3.8) is 0 Å². The number of nitrogens with zero attached hydrogens (tertiary/aromatic N) is 3. The summed E-state index contributed by atoms with van der Waals surface area (Å²) in [5.74, 6) is 2.04. The number of benzene rings is 1. The highest BCUT2D eigenvalue weighted by molar-refractivity contribution is 6.28. The second kappa shape index (κ2) is 5.40. The van der Waals surface area contributed by atoms with Gasteiger partial charge in [-0.05, 0) is 29.3 Å². The molecule has 0 saturated carbocycles. The van der Waals surface area contributed by atoms with E-state index in [2.05, 4.69) is 24.0 Å². The molecule has 0 radical (unpaired) electrons. The normalized spacial score (nSPS) is 10.9. The molecule has 0 aliphatic carbocycles. The summed E-state index contributed by atoms with van der Waals surface area (Å²) in [5, 5.41) is 8.45. The van der Waals surface area contributed by atoms with Gasteiger partial charge in [0, 0.05) is 5.92 Å². The Bertz CT molecular complexity index is 520. The van der Waals surface area contributed by atoms with Crippen molar-refractivity contribution in [2.45, 2.75) is 26.3 Å². The van der Waals surface area contributed by atoms with Crippen LogP contribution in [0.5, 0.6) is 5.75 Å². The van der Waals surface area contributed by atoms with Crippen molar-refractivity contribution >= 4 is 11.6 Å². The molecule has 1 heterocycles. The van der Waals surface area contributed by atoms with Crippen LogP contribution in [0.25, 0.3) is 0 Å². The third-order valence-corrected chi connectivity index (χ3v) is 3.03. The van der Waals surface area contributed by atoms with Gasteiger partial charge in [0.25, 0.3) is 0 Å². The monoisotopic (exact) mass is 265 g/mol. The number of methoxy groups -OCH3 is 1. The van der Waals surface area contributed by atoms with E-state index in [1.54, 1.807) is 7.11 Å². The topological polar surface area (TPSA) is 39.9 Å². The molecule has 2 aromatic rings. The second-order valence-corrected chi connectivity index (χ2v) is 4.75. The van der Waals surface area contributed by atoms with Crippen LogP contribution in [0.15, 0.2) is 24.3 Å². The second-order valence-electron chi connectivity index (χ2n) is 4.42. The molecule has 0 aliphatic heterocycles. The molecule has 96 valence electrons. The number of ether oxygens (including phenoxy) is 1. The van der Waals surface area contributed by atoms with Crippen molar-refractivity contribution in [2.75, 3.05) is 7.11 Å². The van der Waals surface area contributed by atoms with Crippen LogP contribution in [0, 0.1) is 0 Å². The number of aromatic nitrogens is 3. The average molecular weight is 266 g/mol. The third-order valence-electron chi connectivity index (χ3n) is 2.75. The largest absolute Gasteiger partial charge is 0.497 e. The van der Waals surface area contributed by atoms with E-state index in [1.165, 1.54) is 0 Å². The molecular formula is C13H16ClN3O. The van der Waals surface area contributed by atoms with Crippen LogP contribution < -0.4 is 4.74 Å². The summed E-state index contributed by atoms with van der Waals surface area (Å²) in [6, 6.07) is 7.89. The predicted molar refractivity (Wildman–Crippen MR) is 71.2 cm³/mol. The van der Waals surface area contributed by atoms with Crippen molar-refractivity contribution in [3.8, 4) is 5.75 Å². The molecule has 0 aliphatic rings.